The Kier molecular flexibility index (Phi) is 4.07. The number of furan rings is 1. The van der Waals surface area contributed by atoms with Gasteiger partial charge in [-0.2, -0.15) is 0 Å². The smallest absolute Gasteiger partial charge is 0.258 e. The van der Waals surface area contributed by atoms with Gasteiger partial charge in [-0.3, -0.25) is 4.79 Å². The first-order valence-electron chi connectivity index (χ1n) is 5.98. The second kappa shape index (κ2) is 5.56. The molecule has 0 unspecified atom stereocenters. The molecule has 1 aliphatic heterocycles. The number of rotatable bonds is 3. The number of halogens is 1. The van der Waals surface area contributed by atoms with Gasteiger partial charge in [0.15, 0.2) is 0 Å². The van der Waals surface area contributed by atoms with E-state index >= 15 is 0 Å². The van der Waals surface area contributed by atoms with Crippen molar-refractivity contribution in [3.63, 3.8) is 0 Å². The molecule has 1 aliphatic rings. The molecule has 1 aromatic heterocycles. The maximum Gasteiger partial charge on any atom is 0.258 e. The van der Waals surface area contributed by atoms with Gasteiger partial charge < -0.3 is 14.6 Å². The molecule has 0 aromatic carbocycles. The summed E-state index contributed by atoms with van der Waals surface area (Å²) in [7, 11) is 0. The molecule has 0 spiro atoms. The fourth-order valence-corrected chi connectivity index (χ4v) is 2.48. The molecule has 1 aromatic rings. The Balaban J connectivity index is 2.12. The van der Waals surface area contributed by atoms with E-state index in [-0.39, 0.29) is 11.1 Å². The van der Waals surface area contributed by atoms with Crippen molar-refractivity contribution in [1.29, 1.82) is 0 Å². The van der Waals surface area contributed by atoms with E-state index in [2.05, 4.69) is 5.32 Å². The predicted molar refractivity (Wildman–Crippen MR) is 66.3 cm³/mol. The zero-order valence-electron chi connectivity index (χ0n) is 9.91. The zero-order chi connectivity index (χ0) is 12.3. The summed E-state index contributed by atoms with van der Waals surface area (Å²) in [6.07, 6.45) is 3.44. The van der Waals surface area contributed by atoms with Crippen molar-refractivity contribution in [1.82, 2.24) is 10.2 Å². The van der Waals surface area contributed by atoms with E-state index in [1.807, 2.05) is 11.8 Å². The molecule has 1 fully saturated rings. The van der Waals surface area contributed by atoms with Crippen LogP contribution in [-0.4, -0.2) is 36.5 Å². The lowest BCUT2D eigenvalue weighted by Gasteiger charge is -2.33. The largest absolute Gasteiger partial charge is 0.452 e. The quantitative estimate of drug-likeness (QED) is 0.901. The molecule has 0 atom stereocenters. The van der Waals surface area contributed by atoms with Crippen molar-refractivity contribution < 1.29 is 9.21 Å². The van der Waals surface area contributed by atoms with Crippen LogP contribution in [0.4, 0.5) is 0 Å². The highest BCUT2D eigenvalue weighted by Gasteiger charge is 2.26. The first-order chi connectivity index (χ1) is 8.24. The maximum absolute atomic E-state index is 12.3. The Morgan fingerprint density at radius 3 is 2.82 bits per heavy atom. The van der Waals surface area contributed by atoms with Crippen molar-refractivity contribution in [2.24, 2.45) is 0 Å². The Labute approximate surface area is 106 Å². The topological polar surface area (TPSA) is 45.5 Å². The minimum atomic E-state index is -0.0295. The van der Waals surface area contributed by atoms with Crippen LogP contribution in [0.5, 0.6) is 0 Å². The number of amides is 1. The molecule has 17 heavy (non-hydrogen) atoms. The molecule has 1 N–H and O–H groups in total. The summed E-state index contributed by atoms with van der Waals surface area (Å²) in [5, 5.41) is 3.48. The Morgan fingerprint density at radius 1 is 1.59 bits per heavy atom. The molecule has 94 valence electrons. The molecule has 0 bridgehead atoms. The van der Waals surface area contributed by atoms with Crippen molar-refractivity contribution >= 4 is 17.5 Å². The second-order valence-corrected chi connectivity index (χ2v) is 4.52. The fourth-order valence-electron chi connectivity index (χ4n) is 2.29. The van der Waals surface area contributed by atoms with Crippen molar-refractivity contribution in [2.75, 3.05) is 19.6 Å². The van der Waals surface area contributed by atoms with Gasteiger partial charge >= 0.3 is 0 Å². The van der Waals surface area contributed by atoms with Crippen molar-refractivity contribution in [2.45, 2.75) is 25.8 Å². The SMILES string of the molecule is CCN(C(=O)c1ccoc1Cl)C1CCNCC1. The molecule has 2 rings (SSSR count). The number of nitrogens with zero attached hydrogens (tertiary/aromatic N) is 1. The molecule has 1 amide bonds. The minimum absolute atomic E-state index is 0.0295. The highest BCUT2D eigenvalue weighted by Crippen LogP contribution is 2.21. The predicted octanol–water partition coefficient (Wildman–Crippen LogP) is 2.15. The summed E-state index contributed by atoms with van der Waals surface area (Å²) >= 11 is 5.85. The fraction of sp³-hybridized carbons (Fsp3) is 0.583. The molecular formula is C12H17ClN2O2. The van der Waals surface area contributed by atoms with Crippen LogP contribution in [0, 0.1) is 0 Å². The lowest BCUT2D eigenvalue weighted by molar-refractivity contribution is 0.0655. The van der Waals surface area contributed by atoms with Gasteiger partial charge in [-0.1, -0.05) is 0 Å². The number of nitrogens with one attached hydrogen (secondary N) is 1. The van der Waals surface area contributed by atoms with E-state index in [1.54, 1.807) is 6.07 Å². The van der Waals surface area contributed by atoms with Gasteiger partial charge in [0.2, 0.25) is 5.22 Å². The third-order valence-corrected chi connectivity index (χ3v) is 3.49. The van der Waals surface area contributed by atoms with Gasteiger partial charge in [-0.15, -0.1) is 0 Å². The molecule has 0 radical (unpaired) electrons. The molecule has 2 heterocycles. The summed E-state index contributed by atoms with van der Waals surface area (Å²) in [5.74, 6) is -0.0295. The summed E-state index contributed by atoms with van der Waals surface area (Å²) in [5.41, 5.74) is 0.465. The van der Waals surface area contributed by atoms with Crippen LogP contribution >= 0.6 is 11.6 Å². The Hall–Kier alpha value is -1.00. The minimum Gasteiger partial charge on any atom is -0.452 e. The lowest BCUT2D eigenvalue weighted by atomic mass is 10.0. The normalized spacial score (nSPS) is 17.1. The van der Waals surface area contributed by atoms with E-state index in [9.17, 15) is 4.79 Å². The van der Waals surface area contributed by atoms with Gasteiger partial charge in [0.25, 0.3) is 5.91 Å². The molecule has 0 aliphatic carbocycles. The van der Waals surface area contributed by atoms with Crippen LogP contribution < -0.4 is 5.32 Å². The van der Waals surface area contributed by atoms with E-state index in [0.717, 1.165) is 25.9 Å². The monoisotopic (exact) mass is 256 g/mol. The summed E-state index contributed by atoms with van der Waals surface area (Å²) in [6.45, 7) is 4.63. The van der Waals surface area contributed by atoms with Crippen molar-refractivity contribution in [3.8, 4) is 0 Å². The van der Waals surface area contributed by atoms with Gasteiger partial charge in [0.05, 0.1) is 11.8 Å². The lowest BCUT2D eigenvalue weighted by Crippen LogP contribution is -2.46. The van der Waals surface area contributed by atoms with Crippen LogP contribution in [0.2, 0.25) is 5.22 Å². The van der Waals surface area contributed by atoms with E-state index in [4.69, 9.17) is 16.0 Å². The molecule has 4 nitrogen and oxygen atoms in total. The Morgan fingerprint density at radius 2 is 2.29 bits per heavy atom. The van der Waals surface area contributed by atoms with E-state index in [0.29, 0.717) is 18.2 Å². The first kappa shape index (κ1) is 12.5. The zero-order valence-corrected chi connectivity index (χ0v) is 10.7. The highest BCUT2D eigenvalue weighted by molar-refractivity contribution is 6.32. The van der Waals surface area contributed by atoms with E-state index in [1.165, 1.54) is 6.26 Å². The van der Waals surface area contributed by atoms with Gasteiger partial charge in [-0.25, -0.2) is 0 Å². The molecule has 0 saturated carbocycles. The summed E-state index contributed by atoms with van der Waals surface area (Å²) in [6, 6.07) is 1.94. The molecule has 1 saturated heterocycles. The average molecular weight is 257 g/mol. The van der Waals surface area contributed by atoms with Crippen molar-refractivity contribution in [3.05, 3.63) is 23.1 Å². The van der Waals surface area contributed by atoms with Crippen LogP contribution in [0.1, 0.15) is 30.1 Å². The summed E-state index contributed by atoms with van der Waals surface area (Å²) in [4.78, 5) is 14.2. The van der Waals surface area contributed by atoms with Crippen LogP contribution in [0.25, 0.3) is 0 Å². The van der Waals surface area contributed by atoms with Gasteiger partial charge in [0, 0.05) is 12.6 Å². The summed E-state index contributed by atoms with van der Waals surface area (Å²) < 4.78 is 4.97. The molecular weight excluding hydrogens is 240 g/mol. The van der Waals surface area contributed by atoms with Crippen LogP contribution in [0.15, 0.2) is 16.7 Å². The number of piperidine rings is 1. The third kappa shape index (κ3) is 2.64. The van der Waals surface area contributed by atoms with Crippen LogP contribution in [0.3, 0.4) is 0 Å². The maximum atomic E-state index is 12.3. The molecule has 5 heteroatoms. The number of carbonyl (C=O) groups excluding carboxylic acids is 1. The van der Waals surface area contributed by atoms with Gasteiger partial charge in [-0.05, 0) is 50.5 Å². The highest BCUT2D eigenvalue weighted by atomic mass is 35.5. The number of hydrogen-bond acceptors (Lipinski definition) is 3. The number of carbonyl (C=O) groups is 1. The Bertz CT molecular complexity index is 386. The van der Waals surface area contributed by atoms with Crippen LogP contribution in [-0.2, 0) is 0 Å². The first-order valence-corrected chi connectivity index (χ1v) is 6.36. The van der Waals surface area contributed by atoms with E-state index < -0.39 is 0 Å². The average Bonchev–Trinajstić information content (AvgIpc) is 2.77. The second-order valence-electron chi connectivity index (χ2n) is 4.18. The van der Waals surface area contributed by atoms with Gasteiger partial charge in [0.1, 0.15) is 0 Å². The standard InChI is InChI=1S/C12H17ClN2O2/c1-2-15(9-3-6-14-7-4-9)12(16)10-5-8-17-11(10)13/h5,8-9,14H,2-4,6-7H2,1H3. The number of hydrogen-bond donors (Lipinski definition) is 1. The third-order valence-electron chi connectivity index (χ3n) is 3.20.